The molecule has 0 fully saturated rings. The molecule has 0 unspecified atom stereocenters. The van der Waals surface area contributed by atoms with Crippen molar-refractivity contribution in [2.75, 3.05) is 6.54 Å². The molecule has 2 aromatic heterocycles. The van der Waals surface area contributed by atoms with Crippen LogP contribution in [0.15, 0.2) is 36.9 Å². The van der Waals surface area contributed by atoms with Crippen LogP contribution in [-0.2, 0) is 13.1 Å². The van der Waals surface area contributed by atoms with Crippen molar-refractivity contribution in [3.63, 3.8) is 0 Å². The molecule has 0 radical (unpaired) electrons. The number of hydrogen-bond donors (Lipinski definition) is 1. The smallest absolute Gasteiger partial charge is 0.318 e. The maximum Gasteiger partial charge on any atom is 0.318 e. The zero-order valence-electron chi connectivity index (χ0n) is 12.3. The number of pyridine rings is 1. The van der Waals surface area contributed by atoms with E-state index in [0.29, 0.717) is 19.6 Å². The van der Waals surface area contributed by atoms with Gasteiger partial charge < -0.3 is 10.2 Å². The largest absolute Gasteiger partial charge is 0.332 e. The quantitative estimate of drug-likeness (QED) is 0.911. The highest BCUT2D eigenvalue weighted by atomic mass is 16.2. The predicted octanol–water partition coefficient (Wildman–Crippen LogP) is 1.91. The maximum atomic E-state index is 12.2. The van der Waals surface area contributed by atoms with Crippen LogP contribution < -0.4 is 5.32 Å². The average molecular weight is 285 g/mol. The Labute approximate surface area is 124 Å². The van der Waals surface area contributed by atoms with Gasteiger partial charge in [-0.2, -0.15) is 0 Å². The molecule has 0 aromatic carbocycles. The maximum absolute atomic E-state index is 12.2. The van der Waals surface area contributed by atoms with Crippen molar-refractivity contribution in [3.8, 4) is 0 Å². The van der Waals surface area contributed by atoms with Crippen molar-refractivity contribution in [3.05, 3.63) is 53.9 Å². The van der Waals surface area contributed by atoms with E-state index in [2.05, 4.69) is 20.3 Å². The first-order valence-electron chi connectivity index (χ1n) is 6.88. The number of hydrogen-bond acceptors (Lipinski definition) is 4. The van der Waals surface area contributed by atoms with Gasteiger partial charge in [0.2, 0.25) is 0 Å². The van der Waals surface area contributed by atoms with Crippen molar-refractivity contribution in [1.82, 2.24) is 25.2 Å². The lowest BCUT2D eigenvalue weighted by molar-refractivity contribution is 0.197. The van der Waals surface area contributed by atoms with E-state index in [0.717, 1.165) is 17.0 Å². The minimum absolute atomic E-state index is 0.114. The van der Waals surface area contributed by atoms with E-state index in [-0.39, 0.29) is 6.03 Å². The van der Waals surface area contributed by atoms with E-state index in [1.54, 1.807) is 29.7 Å². The molecule has 0 saturated heterocycles. The second kappa shape index (κ2) is 7.33. The van der Waals surface area contributed by atoms with Crippen LogP contribution in [-0.4, -0.2) is 32.4 Å². The summed E-state index contributed by atoms with van der Waals surface area (Å²) in [6.45, 7) is 5.40. The fraction of sp³-hybridized carbons (Fsp3) is 0.333. The Hall–Kier alpha value is -2.50. The summed E-state index contributed by atoms with van der Waals surface area (Å²) >= 11 is 0. The summed E-state index contributed by atoms with van der Waals surface area (Å²) in [4.78, 5) is 26.2. The lowest BCUT2D eigenvalue weighted by Gasteiger charge is -2.21. The van der Waals surface area contributed by atoms with E-state index >= 15 is 0 Å². The molecular weight excluding hydrogens is 266 g/mol. The van der Waals surface area contributed by atoms with Crippen LogP contribution in [0, 0.1) is 6.92 Å². The molecule has 0 aliphatic carbocycles. The summed E-state index contributed by atoms with van der Waals surface area (Å²) < 4.78 is 0. The predicted molar refractivity (Wildman–Crippen MR) is 79.3 cm³/mol. The molecule has 0 saturated carbocycles. The van der Waals surface area contributed by atoms with Crippen molar-refractivity contribution in [1.29, 1.82) is 0 Å². The third kappa shape index (κ3) is 4.52. The number of aryl methyl sites for hydroxylation is 1. The van der Waals surface area contributed by atoms with Crippen molar-refractivity contribution in [2.24, 2.45) is 0 Å². The van der Waals surface area contributed by atoms with Gasteiger partial charge >= 0.3 is 6.03 Å². The molecule has 1 N–H and O–H groups in total. The first-order valence-corrected chi connectivity index (χ1v) is 6.88. The monoisotopic (exact) mass is 285 g/mol. The second-order valence-corrected chi connectivity index (χ2v) is 4.68. The number of nitrogens with zero attached hydrogens (tertiary/aromatic N) is 4. The Kier molecular flexibility index (Phi) is 5.20. The fourth-order valence-corrected chi connectivity index (χ4v) is 1.82. The van der Waals surface area contributed by atoms with Crippen LogP contribution in [0.5, 0.6) is 0 Å². The van der Waals surface area contributed by atoms with Crippen LogP contribution in [0.3, 0.4) is 0 Å². The highest BCUT2D eigenvalue weighted by molar-refractivity contribution is 5.74. The first-order chi connectivity index (χ1) is 10.2. The molecule has 2 heterocycles. The molecule has 0 spiro atoms. The molecule has 0 aliphatic heterocycles. The third-order valence-electron chi connectivity index (χ3n) is 3.05. The van der Waals surface area contributed by atoms with Crippen LogP contribution in [0.2, 0.25) is 0 Å². The minimum Gasteiger partial charge on any atom is -0.332 e. The average Bonchev–Trinajstić information content (AvgIpc) is 2.52. The number of carbonyl (C=O) groups excluding carboxylic acids is 1. The highest BCUT2D eigenvalue weighted by Gasteiger charge is 2.11. The highest BCUT2D eigenvalue weighted by Crippen LogP contribution is 2.03. The Morgan fingerprint density at radius 2 is 2.00 bits per heavy atom. The summed E-state index contributed by atoms with van der Waals surface area (Å²) in [5.41, 5.74) is 2.66. The molecule has 6 nitrogen and oxygen atoms in total. The van der Waals surface area contributed by atoms with Gasteiger partial charge in [-0.25, -0.2) is 4.79 Å². The number of urea groups is 1. The van der Waals surface area contributed by atoms with Crippen LogP contribution in [0.25, 0.3) is 0 Å². The van der Waals surface area contributed by atoms with E-state index in [1.807, 2.05) is 26.0 Å². The van der Waals surface area contributed by atoms with E-state index in [1.165, 1.54) is 0 Å². The van der Waals surface area contributed by atoms with Gasteiger partial charge in [-0.15, -0.1) is 0 Å². The lowest BCUT2D eigenvalue weighted by atomic mass is 10.2. The zero-order valence-corrected chi connectivity index (χ0v) is 12.3. The molecule has 0 bridgehead atoms. The van der Waals surface area contributed by atoms with Gasteiger partial charge in [-0.3, -0.25) is 15.0 Å². The number of nitrogens with one attached hydrogen (secondary N) is 1. The first kappa shape index (κ1) is 14.9. The Morgan fingerprint density at radius 1 is 1.24 bits per heavy atom. The third-order valence-corrected chi connectivity index (χ3v) is 3.05. The van der Waals surface area contributed by atoms with E-state index < -0.39 is 0 Å². The summed E-state index contributed by atoms with van der Waals surface area (Å²) in [5, 5.41) is 2.86. The van der Waals surface area contributed by atoms with E-state index in [9.17, 15) is 4.79 Å². The summed E-state index contributed by atoms with van der Waals surface area (Å²) in [6, 6.07) is 3.69. The molecular formula is C15H19N5O. The molecule has 6 heteroatoms. The van der Waals surface area contributed by atoms with Gasteiger partial charge in [-0.05, 0) is 31.5 Å². The number of rotatable bonds is 5. The zero-order chi connectivity index (χ0) is 15.1. The molecule has 2 rings (SSSR count). The van der Waals surface area contributed by atoms with Gasteiger partial charge in [0, 0.05) is 31.7 Å². The van der Waals surface area contributed by atoms with Crippen molar-refractivity contribution in [2.45, 2.75) is 26.9 Å². The lowest BCUT2D eigenvalue weighted by Crippen LogP contribution is -2.39. The molecule has 2 amide bonds. The molecule has 2 aromatic rings. The van der Waals surface area contributed by atoms with Gasteiger partial charge in [0.15, 0.2) is 0 Å². The standard InChI is InChI=1S/C15H19N5O/c1-3-20(11-13-4-6-16-7-5-13)15(21)19-10-14-9-17-12(2)8-18-14/h4-9H,3,10-11H2,1-2H3,(H,19,21). The molecule has 0 atom stereocenters. The van der Waals surface area contributed by atoms with E-state index in [4.69, 9.17) is 0 Å². The minimum atomic E-state index is -0.114. The number of carbonyl (C=O) groups is 1. The number of aromatic nitrogens is 3. The normalized spacial score (nSPS) is 10.2. The molecule has 0 aliphatic rings. The molecule has 21 heavy (non-hydrogen) atoms. The topological polar surface area (TPSA) is 71.0 Å². The molecule has 110 valence electrons. The van der Waals surface area contributed by atoms with Gasteiger partial charge in [-0.1, -0.05) is 0 Å². The van der Waals surface area contributed by atoms with Gasteiger partial charge in [0.05, 0.1) is 24.1 Å². The Morgan fingerprint density at radius 3 is 2.62 bits per heavy atom. The fourth-order valence-electron chi connectivity index (χ4n) is 1.82. The SMILES string of the molecule is CCN(Cc1ccncc1)C(=O)NCc1cnc(C)cn1. The summed E-state index contributed by atoms with van der Waals surface area (Å²) in [6.07, 6.45) is 6.82. The Bertz CT molecular complexity index is 570. The summed E-state index contributed by atoms with van der Waals surface area (Å²) in [5.74, 6) is 0. The number of amides is 2. The van der Waals surface area contributed by atoms with Gasteiger partial charge in [0.1, 0.15) is 0 Å². The van der Waals surface area contributed by atoms with Gasteiger partial charge in [0.25, 0.3) is 0 Å². The second-order valence-electron chi connectivity index (χ2n) is 4.68. The van der Waals surface area contributed by atoms with Crippen LogP contribution in [0.1, 0.15) is 23.9 Å². The Balaban J connectivity index is 1.89. The van der Waals surface area contributed by atoms with Crippen molar-refractivity contribution < 1.29 is 4.79 Å². The van der Waals surface area contributed by atoms with Crippen molar-refractivity contribution >= 4 is 6.03 Å². The van der Waals surface area contributed by atoms with Crippen LogP contribution >= 0.6 is 0 Å². The van der Waals surface area contributed by atoms with Crippen LogP contribution in [0.4, 0.5) is 4.79 Å². The summed E-state index contributed by atoms with van der Waals surface area (Å²) in [7, 11) is 0.